The van der Waals surface area contributed by atoms with Crippen LogP contribution in [0.1, 0.15) is 33.6 Å². The molecule has 1 aromatic carbocycles. The number of hydrogen-bond acceptors (Lipinski definition) is 2. The van der Waals surface area contributed by atoms with Crippen LogP contribution in [0, 0.1) is 5.41 Å². The largest absolute Gasteiger partial charge is 0.493 e. The molecule has 0 radical (unpaired) electrons. The van der Waals surface area contributed by atoms with Gasteiger partial charge in [-0.15, -0.1) is 11.6 Å². The molecule has 0 heterocycles. The lowest BCUT2D eigenvalue weighted by Crippen LogP contribution is -2.21. The van der Waals surface area contributed by atoms with Gasteiger partial charge in [-0.1, -0.05) is 32.9 Å². The van der Waals surface area contributed by atoms with E-state index in [4.69, 9.17) is 21.1 Å². The lowest BCUT2D eigenvalue weighted by atomic mass is 9.89. The molecule has 0 amide bonds. The van der Waals surface area contributed by atoms with Crippen LogP contribution in [0.5, 0.6) is 11.5 Å². The Morgan fingerprint density at radius 3 is 2.33 bits per heavy atom. The predicted molar refractivity (Wildman–Crippen MR) is 76.8 cm³/mol. The number of halogens is 1. The fourth-order valence-electron chi connectivity index (χ4n) is 1.62. The van der Waals surface area contributed by atoms with Crippen LogP contribution < -0.4 is 9.47 Å². The Morgan fingerprint density at radius 2 is 1.78 bits per heavy atom. The van der Waals surface area contributed by atoms with Crippen molar-refractivity contribution in [2.24, 2.45) is 5.41 Å². The van der Waals surface area contributed by atoms with Crippen LogP contribution in [0.15, 0.2) is 24.3 Å². The van der Waals surface area contributed by atoms with Crippen molar-refractivity contribution in [3.8, 4) is 11.5 Å². The number of hydrogen-bond donors (Lipinski definition) is 0. The molecule has 0 saturated carbocycles. The van der Waals surface area contributed by atoms with Crippen molar-refractivity contribution in [2.75, 3.05) is 13.7 Å². The fraction of sp³-hybridized carbons (Fsp3) is 0.600. The Hall–Kier alpha value is -0.890. The maximum atomic E-state index is 6.32. The van der Waals surface area contributed by atoms with Crippen molar-refractivity contribution >= 4 is 11.6 Å². The second-order valence-corrected chi connectivity index (χ2v) is 6.00. The molecule has 1 aromatic rings. The van der Waals surface area contributed by atoms with Crippen LogP contribution in [-0.2, 0) is 0 Å². The first-order valence-corrected chi connectivity index (χ1v) is 6.78. The third-order valence-electron chi connectivity index (χ3n) is 2.87. The first-order valence-electron chi connectivity index (χ1n) is 6.35. The first kappa shape index (κ1) is 15.2. The number of benzene rings is 1. The van der Waals surface area contributed by atoms with Crippen molar-refractivity contribution in [3.05, 3.63) is 24.3 Å². The molecule has 0 aliphatic rings. The molecule has 0 bridgehead atoms. The molecule has 102 valence electrons. The summed E-state index contributed by atoms with van der Waals surface area (Å²) in [5, 5.41) is 0.179. The lowest BCUT2D eigenvalue weighted by Gasteiger charge is -2.25. The van der Waals surface area contributed by atoms with Crippen LogP contribution in [-0.4, -0.2) is 19.1 Å². The summed E-state index contributed by atoms with van der Waals surface area (Å²) in [5.74, 6) is 1.57. The molecule has 0 saturated heterocycles. The molecule has 1 rings (SSSR count). The summed E-state index contributed by atoms with van der Waals surface area (Å²) in [7, 11) is 1.65. The van der Waals surface area contributed by atoms with Crippen LogP contribution in [0.25, 0.3) is 0 Å². The van der Waals surface area contributed by atoms with Gasteiger partial charge in [-0.05, 0) is 30.4 Å². The molecule has 0 aromatic heterocycles. The standard InChI is InChI=1S/C15H23ClO2/c1-15(2,3)14(16)10-7-11-18-13-9-6-5-8-12(13)17-4/h5-6,8-9,14H,7,10-11H2,1-4H3. The summed E-state index contributed by atoms with van der Waals surface area (Å²) in [5.41, 5.74) is 0.145. The molecular formula is C15H23ClO2. The SMILES string of the molecule is COc1ccccc1OCCCC(Cl)C(C)(C)C. The summed E-state index contributed by atoms with van der Waals surface area (Å²) in [6.07, 6.45) is 1.91. The predicted octanol–water partition coefficient (Wildman–Crippen LogP) is 4.51. The average Bonchev–Trinajstić information content (AvgIpc) is 2.33. The van der Waals surface area contributed by atoms with E-state index in [2.05, 4.69) is 20.8 Å². The van der Waals surface area contributed by atoms with Gasteiger partial charge in [-0.2, -0.15) is 0 Å². The molecule has 0 aliphatic carbocycles. The summed E-state index contributed by atoms with van der Waals surface area (Å²) in [6.45, 7) is 7.14. The van der Waals surface area contributed by atoms with Crippen LogP contribution in [0.4, 0.5) is 0 Å². The van der Waals surface area contributed by atoms with Gasteiger partial charge in [0.15, 0.2) is 11.5 Å². The third kappa shape index (κ3) is 4.77. The fourth-order valence-corrected chi connectivity index (χ4v) is 1.77. The molecule has 1 unspecified atom stereocenters. The Kier molecular flexibility index (Phi) is 5.80. The molecule has 3 heteroatoms. The summed E-state index contributed by atoms with van der Waals surface area (Å²) < 4.78 is 10.9. The van der Waals surface area contributed by atoms with Gasteiger partial charge in [0.2, 0.25) is 0 Å². The quantitative estimate of drug-likeness (QED) is 0.559. The minimum absolute atomic E-state index is 0.145. The van der Waals surface area contributed by atoms with E-state index >= 15 is 0 Å². The van der Waals surface area contributed by atoms with Gasteiger partial charge in [-0.3, -0.25) is 0 Å². The van der Waals surface area contributed by atoms with E-state index in [-0.39, 0.29) is 10.8 Å². The summed E-state index contributed by atoms with van der Waals surface area (Å²) in [4.78, 5) is 0. The van der Waals surface area contributed by atoms with Crippen LogP contribution in [0.2, 0.25) is 0 Å². The number of ether oxygens (including phenoxy) is 2. The summed E-state index contributed by atoms with van der Waals surface area (Å²) in [6, 6.07) is 7.69. The number of para-hydroxylation sites is 2. The van der Waals surface area contributed by atoms with Crippen molar-refractivity contribution in [2.45, 2.75) is 39.0 Å². The molecule has 0 aliphatic heterocycles. The van der Waals surface area contributed by atoms with E-state index in [9.17, 15) is 0 Å². The molecule has 0 N–H and O–H groups in total. The zero-order valence-electron chi connectivity index (χ0n) is 11.7. The van der Waals surface area contributed by atoms with E-state index < -0.39 is 0 Å². The maximum absolute atomic E-state index is 6.32. The normalized spacial score (nSPS) is 13.2. The minimum atomic E-state index is 0.145. The molecule has 2 nitrogen and oxygen atoms in total. The highest BCUT2D eigenvalue weighted by atomic mass is 35.5. The van der Waals surface area contributed by atoms with Crippen LogP contribution in [0.3, 0.4) is 0 Å². The Bertz CT molecular complexity index is 358. The molecule has 1 atom stereocenters. The van der Waals surface area contributed by atoms with Crippen molar-refractivity contribution < 1.29 is 9.47 Å². The number of methoxy groups -OCH3 is 1. The van der Waals surface area contributed by atoms with E-state index in [1.54, 1.807) is 7.11 Å². The Balaban J connectivity index is 2.34. The Labute approximate surface area is 115 Å². The van der Waals surface area contributed by atoms with Gasteiger partial charge in [0, 0.05) is 5.38 Å². The zero-order chi connectivity index (χ0) is 13.6. The van der Waals surface area contributed by atoms with E-state index in [1.807, 2.05) is 24.3 Å². The van der Waals surface area contributed by atoms with Gasteiger partial charge in [0.25, 0.3) is 0 Å². The Morgan fingerprint density at radius 1 is 1.17 bits per heavy atom. The molecule has 0 fully saturated rings. The highest BCUT2D eigenvalue weighted by molar-refractivity contribution is 6.21. The van der Waals surface area contributed by atoms with Gasteiger partial charge >= 0.3 is 0 Å². The van der Waals surface area contributed by atoms with Gasteiger partial charge in [0.1, 0.15) is 0 Å². The number of rotatable bonds is 6. The van der Waals surface area contributed by atoms with Crippen molar-refractivity contribution in [3.63, 3.8) is 0 Å². The van der Waals surface area contributed by atoms with E-state index in [0.29, 0.717) is 6.61 Å². The van der Waals surface area contributed by atoms with E-state index in [1.165, 1.54) is 0 Å². The van der Waals surface area contributed by atoms with Crippen molar-refractivity contribution in [1.82, 2.24) is 0 Å². The maximum Gasteiger partial charge on any atom is 0.161 e. The molecular weight excluding hydrogens is 248 g/mol. The minimum Gasteiger partial charge on any atom is -0.493 e. The number of alkyl halides is 1. The van der Waals surface area contributed by atoms with Crippen LogP contribution >= 0.6 is 11.6 Å². The van der Waals surface area contributed by atoms with Crippen molar-refractivity contribution in [1.29, 1.82) is 0 Å². The van der Waals surface area contributed by atoms with Gasteiger partial charge in [0.05, 0.1) is 13.7 Å². The van der Waals surface area contributed by atoms with Gasteiger partial charge in [-0.25, -0.2) is 0 Å². The highest BCUT2D eigenvalue weighted by Gasteiger charge is 2.21. The molecule has 18 heavy (non-hydrogen) atoms. The monoisotopic (exact) mass is 270 g/mol. The second kappa shape index (κ2) is 6.89. The third-order valence-corrected chi connectivity index (χ3v) is 3.74. The van der Waals surface area contributed by atoms with Gasteiger partial charge < -0.3 is 9.47 Å². The average molecular weight is 271 g/mol. The lowest BCUT2D eigenvalue weighted by molar-refractivity contribution is 0.274. The zero-order valence-corrected chi connectivity index (χ0v) is 12.5. The second-order valence-electron chi connectivity index (χ2n) is 5.48. The van der Waals surface area contributed by atoms with E-state index in [0.717, 1.165) is 24.3 Å². The summed E-state index contributed by atoms with van der Waals surface area (Å²) >= 11 is 6.32. The smallest absolute Gasteiger partial charge is 0.161 e. The highest BCUT2D eigenvalue weighted by Crippen LogP contribution is 2.29. The molecule has 0 spiro atoms. The topological polar surface area (TPSA) is 18.5 Å². The first-order chi connectivity index (χ1) is 8.45.